The lowest BCUT2D eigenvalue weighted by molar-refractivity contribution is -0.115. The van der Waals surface area contributed by atoms with Gasteiger partial charge in [-0.25, -0.2) is 4.98 Å². The van der Waals surface area contributed by atoms with Gasteiger partial charge in [0.1, 0.15) is 0 Å². The quantitative estimate of drug-likeness (QED) is 0.625. The number of hydrogen-bond donors (Lipinski definition) is 2. The fourth-order valence-corrected chi connectivity index (χ4v) is 5.36. The molecule has 3 aromatic rings. The molecule has 1 aliphatic carbocycles. The average molecular weight is 422 g/mol. The Bertz CT molecular complexity index is 1140. The summed E-state index contributed by atoms with van der Waals surface area (Å²) in [5.74, 6) is -0.278. The van der Waals surface area contributed by atoms with Crippen LogP contribution in [0.4, 0.5) is 10.8 Å². The van der Waals surface area contributed by atoms with E-state index in [9.17, 15) is 9.59 Å². The van der Waals surface area contributed by atoms with Crippen LogP contribution in [0.15, 0.2) is 46.7 Å². The minimum atomic E-state index is -0.236. The minimum absolute atomic E-state index is 0.0426. The number of anilines is 2. The molecule has 1 aromatic heterocycles. The highest BCUT2D eigenvalue weighted by Crippen LogP contribution is 2.36. The van der Waals surface area contributed by atoms with Crippen molar-refractivity contribution in [3.05, 3.63) is 58.5 Å². The first kappa shape index (κ1) is 18.4. The summed E-state index contributed by atoms with van der Waals surface area (Å²) in [6, 6.07) is 11.9. The number of nitrogens with one attached hydrogen (secondary N) is 2. The Hall–Kier alpha value is -2.64. The molecular formula is C22H19N3O2S2. The molecule has 0 saturated heterocycles. The Morgan fingerprint density at radius 2 is 2.03 bits per heavy atom. The zero-order chi connectivity index (χ0) is 20.0. The Balaban J connectivity index is 1.33. The molecule has 1 unspecified atom stereocenters. The number of carbonyl (C=O) groups excluding carboxylic acids is 2. The van der Waals surface area contributed by atoms with Gasteiger partial charge in [0.25, 0.3) is 5.91 Å². The molecule has 0 saturated carbocycles. The molecular weight excluding hydrogens is 402 g/mol. The lowest BCUT2D eigenvalue weighted by Gasteiger charge is -2.21. The molecule has 29 heavy (non-hydrogen) atoms. The van der Waals surface area contributed by atoms with Crippen molar-refractivity contribution in [2.24, 2.45) is 0 Å². The highest BCUT2D eigenvalue weighted by Gasteiger charge is 2.24. The second-order valence-electron chi connectivity index (χ2n) is 7.29. The first-order valence-electron chi connectivity index (χ1n) is 9.57. The van der Waals surface area contributed by atoms with Crippen LogP contribution in [0.25, 0.3) is 11.3 Å². The Kier molecular flexibility index (Phi) is 4.64. The van der Waals surface area contributed by atoms with E-state index in [4.69, 9.17) is 0 Å². The van der Waals surface area contributed by atoms with Gasteiger partial charge in [0.2, 0.25) is 5.91 Å². The van der Waals surface area contributed by atoms with Gasteiger partial charge in [-0.3, -0.25) is 14.9 Å². The number of carbonyl (C=O) groups is 2. The number of aryl methyl sites for hydroxylation is 2. The van der Waals surface area contributed by atoms with Crippen LogP contribution in [0, 0.1) is 0 Å². The number of fused-ring (bicyclic) bond motifs is 2. The molecule has 2 aliphatic rings. The highest BCUT2D eigenvalue weighted by molar-refractivity contribution is 8.00. The topological polar surface area (TPSA) is 71.1 Å². The number of nitrogens with zero attached hydrogens (tertiary/aromatic N) is 1. The van der Waals surface area contributed by atoms with E-state index in [1.54, 1.807) is 12.1 Å². The smallest absolute Gasteiger partial charge is 0.257 e. The van der Waals surface area contributed by atoms with Crippen LogP contribution in [0.1, 0.15) is 34.8 Å². The van der Waals surface area contributed by atoms with E-state index < -0.39 is 0 Å². The largest absolute Gasteiger partial charge is 0.324 e. The van der Waals surface area contributed by atoms with Crippen LogP contribution in [-0.4, -0.2) is 22.0 Å². The van der Waals surface area contributed by atoms with Crippen molar-refractivity contribution >= 4 is 45.7 Å². The number of thiazole rings is 1. The van der Waals surface area contributed by atoms with Crippen LogP contribution < -0.4 is 10.6 Å². The SMILES string of the molecule is CC1Sc2ccc(C(=O)Nc3nc(-c4ccc5c(c4)CCC5)cs3)cc2NC1=O. The van der Waals surface area contributed by atoms with E-state index >= 15 is 0 Å². The second-order valence-corrected chi connectivity index (χ2v) is 9.53. The first-order valence-corrected chi connectivity index (χ1v) is 11.3. The van der Waals surface area contributed by atoms with E-state index in [0.29, 0.717) is 16.4 Å². The molecule has 1 aliphatic heterocycles. The molecule has 2 aromatic carbocycles. The van der Waals surface area contributed by atoms with Gasteiger partial charge < -0.3 is 5.32 Å². The maximum atomic E-state index is 12.7. The summed E-state index contributed by atoms with van der Waals surface area (Å²) in [5, 5.41) is 8.14. The Morgan fingerprint density at radius 3 is 2.93 bits per heavy atom. The van der Waals surface area contributed by atoms with Gasteiger partial charge in [0.05, 0.1) is 16.6 Å². The van der Waals surface area contributed by atoms with E-state index in [2.05, 4.69) is 33.8 Å². The van der Waals surface area contributed by atoms with E-state index in [1.807, 2.05) is 18.4 Å². The van der Waals surface area contributed by atoms with E-state index in [-0.39, 0.29) is 17.1 Å². The van der Waals surface area contributed by atoms with Gasteiger partial charge in [-0.15, -0.1) is 23.1 Å². The van der Waals surface area contributed by atoms with Gasteiger partial charge in [-0.05, 0) is 61.6 Å². The van der Waals surface area contributed by atoms with Crippen molar-refractivity contribution in [2.45, 2.75) is 36.3 Å². The molecule has 5 nitrogen and oxygen atoms in total. The Morgan fingerprint density at radius 1 is 1.17 bits per heavy atom. The monoisotopic (exact) mass is 421 g/mol. The van der Waals surface area contributed by atoms with Gasteiger partial charge in [0.15, 0.2) is 5.13 Å². The molecule has 7 heteroatoms. The molecule has 0 bridgehead atoms. The van der Waals surface area contributed by atoms with E-state index in [0.717, 1.165) is 29.0 Å². The van der Waals surface area contributed by atoms with Crippen molar-refractivity contribution in [3.8, 4) is 11.3 Å². The van der Waals surface area contributed by atoms with Crippen molar-refractivity contribution in [1.82, 2.24) is 4.98 Å². The van der Waals surface area contributed by atoms with Gasteiger partial charge in [0, 0.05) is 21.4 Å². The fourth-order valence-electron chi connectivity index (χ4n) is 3.71. The van der Waals surface area contributed by atoms with Crippen molar-refractivity contribution in [3.63, 3.8) is 0 Å². The number of benzene rings is 2. The molecule has 1 atom stereocenters. The number of hydrogen-bond acceptors (Lipinski definition) is 5. The third-order valence-electron chi connectivity index (χ3n) is 5.29. The van der Waals surface area contributed by atoms with Crippen LogP contribution in [0.3, 0.4) is 0 Å². The predicted octanol–water partition coefficient (Wildman–Crippen LogP) is 4.98. The maximum Gasteiger partial charge on any atom is 0.257 e. The summed E-state index contributed by atoms with van der Waals surface area (Å²) in [5.41, 5.74) is 5.99. The average Bonchev–Trinajstić information content (AvgIpc) is 3.37. The number of amides is 2. The number of rotatable bonds is 3. The summed E-state index contributed by atoms with van der Waals surface area (Å²) in [4.78, 5) is 30.1. The predicted molar refractivity (Wildman–Crippen MR) is 118 cm³/mol. The number of thioether (sulfide) groups is 1. The minimum Gasteiger partial charge on any atom is -0.324 e. The maximum absolute atomic E-state index is 12.7. The molecule has 0 radical (unpaired) electrons. The molecule has 2 heterocycles. The molecule has 0 fully saturated rings. The van der Waals surface area contributed by atoms with Gasteiger partial charge in [-0.1, -0.05) is 12.1 Å². The molecule has 0 spiro atoms. The zero-order valence-corrected chi connectivity index (χ0v) is 17.5. The third kappa shape index (κ3) is 3.56. The second kappa shape index (κ2) is 7.31. The van der Waals surface area contributed by atoms with Crippen LogP contribution in [0.5, 0.6) is 0 Å². The van der Waals surface area contributed by atoms with Crippen LogP contribution >= 0.6 is 23.1 Å². The summed E-state index contributed by atoms with van der Waals surface area (Å²) in [7, 11) is 0. The molecule has 146 valence electrons. The normalized spacial score (nSPS) is 17.4. The van der Waals surface area contributed by atoms with Crippen molar-refractivity contribution in [1.29, 1.82) is 0 Å². The third-order valence-corrected chi connectivity index (χ3v) is 7.23. The Labute approximate surface area is 176 Å². The molecule has 2 amide bonds. The van der Waals surface area contributed by atoms with Crippen LogP contribution in [0.2, 0.25) is 0 Å². The standard InChI is InChI=1S/C22H19N3O2S2/c1-12-20(26)23-17-10-16(7-8-19(17)29-12)21(27)25-22-24-18(11-28-22)15-6-5-13-3-2-4-14(13)9-15/h5-12H,2-4H2,1H3,(H,23,26)(H,24,25,27). The summed E-state index contributed by atoms with van der Waals surface area (Å²) in [6.45, 7) is 1.87. The summed E-state index contributed by atoms with van der Waals surface area (Å²) in [6.07, 6.45) is 3.51. The van der Waals surface area contributed by atoms with Crippen molar-refractivity contribution < 1.29 is 9.59 Å². The zero-order valence-electron chi connectivity index (χ0n) is 15.8. The number of aromatic nitrogens is 1. The van der Waals surface area contributed by atoms with Crippen molar-refractivity contribution in [2.75, 3.05) is 10.6 Å². The lowest BCUT2D eigenvalue weighted by Crippen LogP contribution is -2.26. The lowest BCUT2D eigenvalue weighted by atomic mass is 10.1. The highest BCUT2D eigenvalue weighted by atomic mass is 32.2. The molecule has 5 rings (SSSR count). The van der Waals surface area contributed by atoms with Gasteiger partial charge in [-0.2, -0.15) is 0 Å². The summed E-state index contributed by atoms with van der Waals surface area (Å²) < 4.78 is 0. The van der Waals surface area contributed by atoms with E-state index in [1.165, 1.54) is 40.6 Å². The fraction of sp³-hybridized carbons (Fsp3) is 0.227. The summed E-state index contributed by atoms with van der Waals surface area (Å²) >= 11 is 2.91. The first-order chi connectivity index (χ1) is 14.1. The van der Waals surface area contributed by atoms with Gasteiger partial charge >= 0.3 is 0 Å². The molecule has 2 N–H and O–H groups in total. The van der Waals surface area contributed by atoms with Crippen LogP contribution in [-0.2, 0) is 17.6 Å².